The van der Waals surface area contributed by atoms with Crippen molar-refractivity contribution in [3.63, 3.8) is 0 Å². The Kier molecular flexibility index (Phi) is 2.29. The van der Waals surface area contributed by atoms with E-state index >= 15 is 0 Å². The first-order valence-corrected chi connectivity index (χ1v) is 6.64. The summed E-state index contributed by atoms with van der Waals surface area (Å²) in [5, 5.41) is 14.7. The normalized spacial score (nSPS) is 25.4. The number of aromatic nitrogens is 2. The maximum absolute atomic E-state index is 4.39. The molecule has 3 rings (SSSR count). The highest BCUT2D eigenvalue weighted by atomic mass is 32.1. The van der Waals surface area contributed by atoms with Crippen LogP contribution >= 0.6 is 11.3 Å². The summed E-state index contributed by atoms with van der Waals surface area (Å²) in [5.74, 6) is 0.667. The average molecular weight is 223 g/mol. The van der Waals surface area contributed by atoms with Crippen molar-refractivity contribution in [2.75, 3.05) is 13.1 Å². The van der Waals surface area contributed by atoms with Gasteiger partial charge in [0.05, 0.1) is 0 Å². The van der Waals surface area contributed by atoms with E-state index in [1.807, 2.05) is 11.3 Å². The van der Waals surface area contributed by atoms with Crippen molar-refractivity contribution < 1.29 is 0 Å². The quantitative estimate of drug-likeness (QED) is 0.834. The molecule has 1 aliphatic heterocycles. The van der Waals surface area contributed by atoms with E-state index in [1.54, 1.807) is 0 Å². The Bertz CT molecular complexity index is 350. The molecular formula is C11H17N3S. The molecule has 0 radical (unpaired) electrons. The summed E-state index contributed by atoms with van der Waals surface area (Å²) in [6.07, 6.45) is 5.05. The van der Waals surface area contributed by atoms with Crippen molar-refractivity contribution >= 4 is 11.3 Å². The number of hydrogen-bond acceptors (Lipinski definition) is 4. The van der Waals surface area contributed by atoms with E-state index in [1.165, 1.54) is 35.7 Å². The molecular weight excluding hydrogens is 206 g/mol. The van der Waals surface area contributed by atoms with Gasteiger partial charge in [-0.3, -0.25) is 0 Å². The van der Waals surface area contributed by atoms with Crippen molar-refractivity contribution in [3.8, 4) is 0 Å². The van der Waals surface area contributed by atoms with Crippen LogP contribution in [0.3, 0.4) is 0 Å². The van der Waals surface area contributed by atoms with Gasteiger partial charge in [0.2, 0.25) is 0 Å². The minimum absolute atomic E-state index is 0.392. The Morgan fingerprint density at radius 3 is 2.67 bits per heavy atom. The summed E-state index contributed by atoms with van der Waals surface area (Å²) in [6, 6.07) is 0. The predicted octanol–water partition coefficient (Wildman–Crippen LogP) is 2.06. The van der Waals surface area contributed by atoms with Crippen LogP contribution in [0, 0.1) is 0 Å². The van der Waals surface area contributed by atoms with Crippen LogP contribution in [0.25, 0.3) is 0 Å². The topological polar surface area (TPSA) is 37.8 Å². The van der Waals surface area contributed by atoms with Crippen molar-refractivity contribution in [2.24, 2.45) is 0 Å². The number of nitrogens with one attached hydrogen (secondary N) is 1. The lowest BCUT2D eigenvalue weighted by atomic mass is 9.99. The van der Waals surface area contributed by atoms with Crippen LogP contribution in [-0.4, -0.2) is 23.3 Å². The fourth-order valence-corrected chi connectivity index (χ4v) is 3.33. The highest BCUT2D eigenvalue weighted by Crippen LogP contribution is 2.49. The Morgan fingerprint density at radius 2 is 2.00 bits per heavy atom. The van der Waals surface area contributed by atoms with Gasteiger partial charge in [0.25, 0.3) is 0 Å². The van der Waals surface area contributed by atoms with Gasteiger partial charge in [0.15, 0.2) is 0 Å². The molecule has 15 heavy (non-hydrogen) atoms. The van der Waals surface area contributed by atoms with Gasteiger partial charge in [-0.2, -0.15) is 0 Å². The van der Waals surface area contributed by atoms with Gasteiger partial charge < -0.3 is 5.32 Å². The zero-order valence-electron chi connectivity index (χ0n) is 9.12. The molecule has 4 heteroatoms. The molecule has 2 heterocycles. The van der Waals surface area contributed by atoms with Crippen LogP contribution in [0.15, 0.2) is 0 Å². The first-order chi connectivity index (χ1) is 7.28. The minimum Gasteiger partial charge on any atom is -0.317 e. The summed E-state index contributed by atoms with van der Waals surface area (Å²) in [7, 11) is 0. The second-order valence-electron chi connectivity index (χ2n) is 5.03. The molecule has 0 spiro atoms. The molecule has 1 aromatic rings. The lowest BCUT2D eigenvalue weighted by Gasteiger charge is -2.19. The maximum atomic E-state index is 4.39. The van der Waals surface area contributed by atoms with Gasteiger partial charge in [0, 0.05) is 11.3 Å². The van der Waals surface area contributed by atoms with E-state index in [0.29, 0.717) is 11.3 Å². The molecule has 3 nitrogen and oxygen atoms in total. The summed E-state index contributed by atoms with van der Waals surface area (Å²) >= 11 is 1.86. The lowest BCUT2D eigenvalue weighted by molar-refractivity contribution is 0.457. The van der Waals surface area contributed by atoms with Crippen LogP contribution in [0.5, 0.6) is 0 Å². The standard InChI is InChI=1S/C11H17N3S/c1-11(4-5-11)10-14-13-9(15-10)8-2-6-12-7-3-8/h8,12H,2-7H2,1H3. The first-order valence-electron chi connectivity index (χ1n) is 5.82. The molecule has 1 aliphatic carbocycles. The largest absolute Gasteiger partial charge is 0.317 e. The van der Waals surface area contributed by atoms with Gasteiger partial charge in [-0.1, -0.05) is 6.92 Å². The first kappa shape index (κ1) is 9.73. The van der Waals surface area contributed by atoms with E-state index in [9.17, 15) is 0 Å². The fraction of sp³-hybridized carbons (Fsp3) is 0.818. The summed E-state index contributed by atoms with van der Waals surface area (Å²) in [6.45, 7) is 4.58. The van der Waals surface area contributed by atoms with Crippen LogP contribution in [0.2, 0.25) is 0 Å². The van der Waals surface area contributed by atoms with Crippen LogP contribution in [-0.2, 0) is 5.41 Å². The smallest absolute Gasteiger partial charge is 0.123 e. The number of nitrogens with zero attached hydrogens (tertiary/aromatic N) is 2. The Balaban J connectivity index is 1.77. The molecule has 0 unspecified atom stereocenters. The molecule has 0 aromatic carbocycles. The van der Waals surface area contributed by atoms with E-state index in [0.717, 1.165) is 13.1 Å². The predicted molar refractivity (Wildman–Crippen MR) is 61.3 cm³/mol. The van der Waals surface area contributed by atoms with Crippen molar-refractivity contribution in [2.45, 2.75) is 43.9 Å². The van der Waals surface area contributed by atoms with Gasteiger partial charge >= 0.3 is 0 Å². The Morgan fingerprint density at radius 1 is 1.27 bits per heavy atom. The van der Waals surface area contributed by atoms with Gasteiger partial charge in [0.1, 0.15) is 10.0 Å². The molecule has 1 aromatic heterocycles. The molecule has 1 N–H and O–H groups in total. The molecule has 82 valence electrons. The Labute approximate surface area is 94.3 Å². The zero-order valence-corrected chi connectivity index (χ0v) is 9.94. The summed E-state index contributed by atoms with van der Waals surface area (Å²) in [5.41, 5.74) is 0.392. The van der Waals surface area contributed by atoms with Gasteiger partial charge in [-0.25, -0.2) is 0 Å². The SMILES string of the molecule is CC1(c2nnc(C3CCNCC3)s2)CC1. The van der Waals surface area contributed by atoms with E-state index in [-0.39, 0.29) is 0 Å². The summed E-state index contributed by atoms with van der Waals surface area (Å²) < 4.78 is 0. The molecule has 2 aliphatic rings. The third kappa shape index (κ3) is 1.81. The molecule has 0 amide bonds. The third-order valence-electron chi connectivity index (χ3n) is 3.65. The van der Waals surface area contributed by atoms with Gasteiger partial charge in [-0.15, -0.1) is 21.5 Å². The van der Waals surface area contributed by atoms with E-state index in [2.05, 4.69) is 22.4 Å². The summed E-state index contributed by atoms with van der Waals surface area (Å²) in [4.78, 5) is 0. The lowest BCUT2D eigenvalue weighted by Crippen LogP contribution is -2.26. The highest BCUT2D eigenvalue weighted by molar-refractivity contribution is 7.11. The molecule has 1 saturated heterocycles. The fourth-order valence-electron chi connectivity index (χ4n) is 2.11. The van der Waals surface area contributed by atoms with Gasteiger partial charge in [-0.05, 0) is 38.8 Å². The minimum atomic E-state index is 0.392. The maximum Gasteiger partial charge on any atom is 0.123 e. The van der Waals surface area contributed by atoms with Crippen molar-refractivity contribution in [1.29, 1.82) is 0 Å². The number of hydrogen-bond donors (Lipinski definition) is 1. The van der Waals surface area contributed by atoms with E-state index < -0.39 is 0 Å². The van der Waals surface area contributed by atoms with Crippen LogP contribution < -0.4 is 5.32 Å². The average Bonchev–Trinajstić information content (AvgIpc) is 2.85. The zero-order chi connectivity index (χ0) is 10.3. The molecule has 1 saturated carbocycles. The second-order valence-corrected chi connectivity index (χ2v) is 6.04. The van der Waals surface area contributed by atoms with E-state index in [4.69, 9.17) is 0 Å². The van der Waals surface area contributed by atoms with Crippen LogP contribution in [0.4, 0.5) is 0 Å². The molecule has 2 fully saturated rings. The number of piperidine rings is 1. The molecule has 0 bridgehead atoms. The number of rotatable bonds is 2. The third-order valence-corrected chi connectivity index (χ3v) is 5.04. The monoisotopic (exact) mass is 223 g/mol. The van der Waals surface area contributed by atoms with Crippen molar-refractivity contribution in [3.05, 3.63) is 10.0 Å². The second kappa shape index (κ2) is 3.52. The Hall–Kier alpha value is -0.480. The van der Waals surface area contributed by atoms with Crippen molar-refractivity contribution in [1.82, 2.24) is 15.5 Å². The van der Waals surface area contributed by atoms with Crippen LogP contribution in [0.1, 0.15) is 48.5 Å². The highest BCUT2D eigenvalue weighted by Gasteiger charge is 2.42. The molecule has 0 atom stereocenters.